The van der Waals surface area contributed by atoms with Crippen molar-refractivity contribution in [2.45, 2.75) is 367 Å². The molecule has 498 valence electrons. The van der Waals surface area contributed by atoms with Crippen molar-refractivity contribution >= 4 is 19.7 Å². The van der Waals surface area contributed by atoms with E-state index >= 15 is 0 Å². The molecule has 0 saturated carbocycles. The summed E-state index contributed by atoms with van der Waals surface area (Å²) < 4.78 is 30.5. The van der Waals surface area contributed by atoms with E-state index in [0.29, 0.717) is 17.4 Å². The number of quaternary nitrogens is 1. The van der Waals surface area contributed by atoms with E-state index in [1.54, 1.807) is 0 Å². The van der Waals surface area contributed by atoms with E-state index < -0.39 is 20.0 Å². The quantitative estimate of drug-likeness (QED) is 0.0212. The molecule has 85 heavy (non-hydrogen) atoms. The highest BCUT2D eigenvalue weighted by Gasteiger charge is 2.27. The zero-order valence-corrected chi connectivity index (χ0v) is 58.0. The Hall–Kier alpha value is -2.29. The molecule has 3 unspecified atom stereocenters. The highest BCUT2D eigenvalue weighted by molar-refractivity contribution is 7.45. The number of nitrogens with zero attached hydrogens (tertiary/aromatic N) is 1. The molecule has 0 aliphatic rings. The van der Waals surface area contributed by atoms with E-state index in [0.717, 1.165) is 70.6 Å². The number of hydrogen-bond acceptors (Lipinski definition) is 7. The number of amides is 1. The van der Waals surface area contributed by atoms with Gasteiger partial charge in [0.2, 0.25) is 5.91 Å². The van der Waals surface area contributed by atoms with E-state index in [4.69, 9.17) is 13.8 Å². The molecular formula is C75H141N2O7P. The van der Waals surface area contributed by atoms with Gasteiger partial charge < -0.3 is 28.5 Å². The average Bonchev–Trinajstić information content (AvgIpc) is 3.58. The summed E-state index contributed by atoms with van der Waals surface area (Å²) in [7, 11) is 1.19. The van der Waals surface area contributed by atoms with Crippen molar-refractivity contribution in [2.24, 2.45) is 0 Å². The van der Waals surface area contributed by atoms with Gasteiger partial charge >= 0.3 is 5.97 Å². The van der Waals surface area contributed by atoms with Gasteiger partial charge in [-0.25, -0.2) is 0 Å². The van der Waals surface area contributed by atoms with Gasteiger partial charge in [-0.1, -0.05) is 307 Å². The number of phosphoric ester groups is 1. The van der Waals surface area contributed by atoms with Gasteiger partial charge in [0, 0.05) is 12.8 Å². The van der Waals surface area contributed by atoms with Crippen LogP contribution in [-0.2, 0) is 27.9 Å². The first-order valence-electron chi connectivity index (χ1n) is 36.6. The van der Waals surface area contributed by atoms with E-state index in [-0.39, 0.29) is 31.5 Å². The summed E-state index contributed by atoms with van der Waals surface area (Å²) in [5.41, 5.74) is 0. The fourth-order valence-electron chi connectivity index (χ4n) is 10.8. The zero-order chi connectivity index (χ0) is 62.1. The molecule has 3 atom stereocenters. The minimum Gasteiger partial charge on any atom is -0.756 e. The Morgan fingerprint density at radius 1 is 0.412 bits per heavy atom. The Morgan fingerprint density at radius 3 is 1.08 bits per heavy atom. The maximum atomic E-state index is 13.6. The van der Waals surface area contributed by atoms with E-state index in [1.165, 1.54) is 250 Å². The molecular weight excluding hydrogens is 1070 g/mol. The molecule has 0 aliphatic carbocycles. The van der Waals surface area contributed by atoms with Crippen LogP contribution >= 0.6 is 7.82 Å². The molecule has 0 saturated heterocycles. The number of carbonyl (C=O) groups excluding carboxylic acids is 2. The number of phosphoric acid groups is 1. The molecule has 0 aliphatic heterocycles. The third-order valence-electron chi connectivity index (χ3n) is 16.4. The third-order valence-corrected chi connectivity index (χ3v) is 17.4. The number of esters is 1. The standard InChI is InChI=1S/C75H141N2O7P/c1-7-10-13-16-19-22-25-27-29-31-33-35-37-38-40-42-44-46-48-50-53-56-59-62-65-68-75(79)84-73(66-63-60-57-54-51-24-21-18-15-12-9-3)72(71-83-85(80,81)82-70-69-77(4,5)6)76-74(78)67-64-61-58-55-52-49-47-45-43-41-39-36-34-32-30-28-26-23-20-17-14-11-8-2/h19-20,22-23,27-30,63,66,72-73H,7-18,21,24-26,31-62,64-65,67-71H2,1-6H3,(H-,76,78,80,81)/b22-19-,23-20-,29-27-,30-28-,66-63+. The van der Waals surface area contributed by atoms with Crippen LogP contribution in [0.25, 0.3) is 0 Å². The first-order valence-corrected chi connectivity index (χ1v) is 38.1. The summed E-state index contributed by atoms with van der Waals surface area (Å²) in [4.78, 5) is 40.2. The molecule has 1 amide bonds. The number of allylic oxidation sites excluding steroid dienone is 9. The number of unbranched alkanes of at least 4 members (excludes halogenated alkanes) is 43. The lowest BCUT2D eigenvalue weighted by atomic mass is 10.0. The molecule has 0 fully saturated rings. The van der Waals surface area contributed by atoms with Crippen LogP contribution in [0, 0.1) is 0 Å². The van der Waals surface area contributed by atoms with E-state index in [1.807, 2.05) is 33.3 Å². The SMILES string of the molecule is CCCCC/C=C\C/C=C\CCCCCCCCCCCCCCCCCC(=O)OC(/C=C/CCCCCCCCCCC)C(COP(=O)([O-])OCC[N+](C)(C)C)NC(=O)CCCCCCCCCCCCCCC/C=C\C/C=C\CCCCC. The summed E-state index contributed by atoms with van der Waals surface area (Å²) in [6.45, 7) is 6.84. The van der Waals surface area contributed by atoms with Crippen LogP contribution in [0.2, 0.25) is 0 Å². The van der Waals surface area contributed by atoms with Crippen molar-refractivity contribution in [1.29, 1.82) is 0 Å². The Bertz CT molecular complexity index is 1640. The molecule has 0 spiro atoms. The number of likely N-dealkylation sites (N-methyl/N-ethyl adjacent to an activating group) is 1. The van der Waals surface area contributed by atoms with Crippen molar-refractivity contribution in [3.05, 3.63) is 60.8 Å². The van der Waals surface area contributed by atoms with Gasteiger partial charge in [0.25, 0.3) is 7.82 Å². The number of carbonyl (C=O) groups is 2. The predicted octanol–water partition coefficient (Wildman–Crippen LogP) is 22.7. The fraction of sp³-hybridized carbons (Fsp3) is 0.840. The second-order valence-electron chi connectivity index (χ2n) is 26.1. The molecule has 1 N–H and O–H groups in total. The maximum absolute atomic E-state index is 13.6. The number of ether oxygens (including phenoxy) is 1. The van der Waals surface area contributed by atoms with Gasteiger partial charge in [-0.3, -0.25) is 14.2 Å². The van der Waals surface area contributed by atoms with Crippen molar-refractivity contribution in [1.82, 2.24) is 5.32 Å². The molecule has 10 heteroatoms. The van der Waals surface area contributed by atoms with Crippen LogP contribution in [0.5, 0.6) is 0 Å². The van der Waals surface area contributed by atoms with Gasteiger partial charge in [-0.15, -0.1) is 0 Å². The topological polar surface area (TPSA) is 114 Å². The first kappa shape index (κ1) is 82.7. The largest absolute Gasteiger partial charge is 0.756 e. The predicted molar refractivity (Wildman–Crippen MR) is 367 cm³/mol. The second kappa shape index (κ2) is 64.7. The normalized spacial score (nSPS) is 13.8. The van der Waals surface area contributed by atoms with E-state index in [2.05, 4.69) is 74.7 Å². The van der Waals surface area contributed by atoms with Crippen molar-refractivity contribution in [3.63, 3.8) is 0 Å². The van der Waals surface area contributed by atoms with Crippen molar-refractivity contribution in [2.75, 3.05) is 40.9 Å². The summed E-state index contributed by atoms with van der Waals surface area (Å²) >= 11 is 0. The average molecular weight is 1210 g/mol. The molecule has 0 rings (SSSR count). The highest BCUT2D eigenvalue weighted by atomic mass is 31.2. The Labute approximate surface area is 528 Å². The summed E-state index contributed by atoms with van der Waals surface area (Å²) in [6, 6.07) is -0.889. The highest BCUT2D eigenvalue weighted by Crippen LogP contribution is 2.38. The van der Waals surface area contributed by atoms with Gasteiger partial charge in [0.1, 0.15) is 19.3 Å². The van der Waals surface area contributed by atoms with Gasteiger partial charge in [-0.05, 0) is 96.0 Å². The van der Waals surface area contributed by atoms with Crippen LogP contribution in [0.1, 0.15) is 355 Å². The molecule has 0 aromatic carbocycles. The zero-order valence-electron chi connectivity index (χ0n) is 57.1. The summed E-state index contributed by atoms with van der Waals surface area (Å²) in [6.07, 6.45) is 83.5. The van der Waals surface area contributed by atoms with Gasteiger partial charge in [0.05, 0.1) is 33.8 Å². The molecule has 0 aromatic heterocycles. The Morgan fingerprint density at radius 2 is 0.718 bits per heavy atom. The van der Waals surface area contributed by atoms with E-state index in [9.17, 15) is 19.0 Å². The molecule has 0 radical (unpaired) electrons. The number of hydrogen-bond donors (Lipinski definition) is 1. The van der Waals surface area contributed by atoms with Crippen LogP contribution in [0.3, 0.4) is 0 Å². The van der Waals surface area contributed by atoms with Crippen LogP contribution < -0.4 is 10.2 Å². The van der Waals surface area contributed by atoms with Crippen LogP contribution in [0.15, 0.2) is 60.8 Å². The molecule has 0 heterocycles. The smallest absolute Gasteiger partial charge is 0.306 e. The lowest BCUT2D eigenvalue weighted by Crippen LogP contribution is -2.47. The Balaban J connectivity index is 4.96. The lowest BCUT2D eigenvalue weighted by molar-refractivity contribution is -0.870. The number of nitrogens with one attached hydrogen (secondary N) is 1. The lowest BCUT2D eigenvalue weighted by Gasteiger charge is -2.30. The third kappa shape index (κ3) is 66.0. The maximum Gasteiger partial charge on any atom is 0.306 e. The van der Waals surface area contributed by atoms with Crippen LogP contribution in [0.4, 0.5) is 0 Å². The number of rotatable bonds is 67. The Kier molecular flexibility index (Phi) is 62.9. The fourth-order valence-corrected chi connectivity index (χ4v) is 11.5. The second-order valence-corrected chi connectivity index (χ2v) is 27.5. The van der Waals surface area contributed by atoms with Crippen LogP contribution in [-0.4, -0.2) is 69.4 Å². The minimum absolute atomic E-state index is 0.0218. The van der Waals surface area contributed by atoms with Crippen molar-refractivity contribution in [3.8, 4) is 0 Å². The summed E-state index contributed by atoms with van der Waals surface area (Å²) in [5, 5.41) is 3.05. The van der Waals surface area contributed by atoms with Crippen molar-refractivity contribution < 1.29 is 37.3 Å². The van der Waals surface area contributed by atoms with Gasteiger partial charge in [0.15, 0.2) is 0 Å². The summed E-state index contributed by atoms with van der Waals surface area (Å²) in [5.74, 6) is -0.528. The first-order chi connectivity index (χ1) is 41.4. The molecule has 0 bridgehead atoms. The molecule has 9 nitrogen and oxygen atoms in total. The minimum atomic E-state index is -4.70. The molecule has 0 aromatic rings. The monoisotopic (exact) mass is 1210 g/mol. The van der Waals surface area contributed by atoms with Gasteiger partial charge in [-0.2, -0.15) is 0 Å².